The topological polar surface area (TPSA) is 68.1 Å². The summed E-state index contributed by atoms with van der Waals surface area (Å²) in [7, 11) is 0. The third kappa shape index (κ3) is 4.32. The molecule has 0 bridgehead atoms. The van der Waals surface area contributed by atoms with Crippen LogP contribution in [-0.2, 0) is 4.74 Å². The molecule has 0 aromatic heterocycles. The van der Waals surface area contributed by atoms with Crippen molar-refractivity contribution in [1.29, 1.82) is 0 Å². The van der Waals surface area contributed by atoms with Gasteiger partial charge in [0.05, 0.1) is 24.5 Å². The average molecular weight is 313 g/mol. The second-order valence-electron chi connectivity index (χ2n) is 4.65. The zero-order valence-corrected chi connectivity index (χ0v) is 13.2. The van der Waals surface area contributed by atoms with E-state index in [0.717, 1.165) is 0 Å². The maximum Gasteiger partial charge on any atom is 0.338 e. The highest BCUT2D eigenvalue weighted by Gasteiger charge is 2.07. The monoisotopic (exact) mass is 313 g/mol. The van der Waals surface area contributed by atoms with E-state index in [1.165, 1.54) is 0 Å². The van der Waals surface area contributed by atoms with Crippen LogP contribution in [0, 0.1) is 0 Å². The van der Waals surface area contributed by atoms with Gasteiger partial charge in [-0.1, -0.05) is 6.07 Å². The number of carbonyl (C=O) groups excluding carboxylic acids is 1. The highest BCUT2D eigenvalue weighted by atomic mass is 16.5. The highest BCUT2D eigenvalue weighted by Crippen LogP contribution is 2.29. The normalized spacial score (nSPS) is 10.7. The summed E-state index contributed by atoms with van der Waals surface area (Å²) in [6.07, 6.45) is 1.55. The molecule has 0 spiro atoms. The summed E-state index contributed by atoms with van der Waals surface area (Å²) in [6.45, 7) is 4.43. The molecule has 0 saturated heterocycles. The number of phenolic OH excluding ortho intramolecular Hbond substituents is 1. The van der Waals surface area contributed by atoms with Crippen molar-refractivity contribution in [2.24, 2.45) is 4.99 Å². The first kappa shape index (κ1) is 16.5. The third-order valence-electron chi connectivity index (χ3n) is 3.06. The van der Waals surface area contributed by atoms with Crippen molar-refractivity contribution in [1.82, 2.24) is 0 Å². The number of carbonyl (C=O) groups is 1. The molecule has 0 heterocycles. The van der Waals surface area contributed by atoms with Gasteiger partial charge in [-0.05, 0) is 50.2 Å². The van der Waals surface area contributed by atoms with Crippen LogP contribution in [0.4, 0.5) is 5.69 Å². The Morgan fingerprint density at radius 1 is 1.13 bits per heavy atom. The van der Waals surface area contributed by atoms with Gasteiger partial charge in [-0.3, -0.25) is 4.99 Å². The van der Waals surface area contributed by atoms with E-state index in [1.54, 1.807) is 55.6 Å². The number of rotatable bonds is 6. The maximum atomic E-state index is 11.6. The van der Waals surface area contributed by atoms with Crippen molar-refractivity contribution < 1.29 is 19.4 Å². The van der Waals surface area contributed by atoms with Crippen LogP contribution in [0.3, 0.4) is 0 Å². The van der Waals surface area contributed by atoms with E-state index < -0.39 is 0 Å². The summed E-state index contributed by atoms with van der Waals surface area (Å²) >= 11 is 0. The van der Waals surface area contributed by atoms with E-state index in [-0.39, 0.29) is 11.7 Å². The van der Waals surface area contributed by atoms with Crippen LogP contribution in [0.15, 0.2) is 47.5 Å². The first-order valence-electron chi connectivity index (χ1n) is 7.41. The molecule has 5 nitrogen and oxygen atoms in total. The molecule has 23 heavy (non-hydrogen) atoms. The van der Waals surface area contributed by atoms with Crippen molar-refractivity contribution >= 4 is 17.9 Å². The summed E-state index contributed by atoms with van der Waals surface area (Å²) in [6, 6.07) is 12.0. The zero-order valence-electron chi connectivity index (χ0n) is 13.2. The minimum absolute atomic E-state index is 0.0567. The fraction of sp³-hybridized carbons (Fsp3) is 0.222. The lowest BCUT2D eigenvalue weighted by Crippen LogP contribution is -2.03. The molecule has 0 atom stereocenters. The third-order valence-corrected chi connectivity index (χ3v) is 3.06. The number of ether oxygens (including phenoxy) is 2. The Morgan fingerprint density at radius 3 is 2.52 bits per heavy atom. The first-order valence-corrected chi connectivity index (χ1v) is 7.41. The van der Waals surface area contributed by atoms with Crippen molar-refractivity contribution in [2.45, 2.75) is 13.8 Å². The molecule has 1 N–H and O–H groups in total. The van der Waals surface area contributed by atoms with E-state index in [4.69, 9.17) is 9.47 Å². The van der Waals surface area contributed by atoms with Crippen molar-refractivity contribution in [3.63, 3.8) is 0 Å². The molecule has 0 aliphatic carbocycles. The van der Waals surface area contributed by atoms with Crippen LogP contribution in [0.1, 0.15) is 29.8 Å². The van der Waals surface area contributed by atoms with Gasteiger partial charge in [-0.15, -0.1) is 0 Å². The number of benzene rings is 2. The first-order chi connectivity index (χ1) is 11.2. The second kappa shape index (κ2) is 7.98. The molecule has 2 aromatic carbocycles. The largest absolute Gasteiger partial charge is 0.504 e. The van der Waals surface area contributed by atoms with Crippen LogP contribution < -0.4 is 4.74 Å². The number of aliphatic imine (C=N–C) groups is 1. The Bertz CT molecular complexity index is 693. The number of nitrogens with zero attached hydrogens (tertiary/aromatic N) is 1. The quantitative estimate of drug-likeness (QED) is 0.652. The molecule has 0 unspecified atom stereocenters. The number of aromatic hydroxyl groups is 1. The van der Waals surface area contributed by atoms with Gasteiger partial charge in [0, 0.05) is 11.8 Å². The number of phenols is 1. The van der Waals surface area contributed by atoms with E-state index >= 15 is 0 Å². The molecule has 0 fully saturated rings. The molecule has 0 radical (unpaired) electrons. The van der Waals surface area contributed by atoms with Gasteiger partial charge < -0.3 is 14.6 Å². The van der Waals surface area contributed by atoms with E-state index in [1.807, 2.05) is 6.92 Å². The van der Waals surface area contributed by atoms with Gasteiger partial charge in [0.25, 0.3) is 0 Å². The van der Waals surface area contributed by atoms with Crippen molar-refractivity contribution in [3.05, 3.63) is 53.6 Å². The molecule has 120 valence electrons. The van der Waals surface area contributed by atoms with E-state index in [9.17, 15) is 9.90 Å². The minimum atomic E-state index is -0.356. The highest BCUT2D eigenvalue weighted by molar-refractivity contribution is 5.90. The van der Waals surface area contributed by atoms with Crippen LogP contribution in [0.2, 0.25) is 0 Å². The van der Waals surface area contributed by atoms with E-state index in [0.29, 0.717) is 35.8 Å². The van der Waals surface area contributed by atoms with Gasteiger partial charge in [0.15, 0.2) is 11.5 Å². The van der Waals surface area contributed by atoms with Gasteiger partial charge in [0.1, 0.15) is 0 Å². The average Bonchev–Trinajstić information content (AvgIpc) is 2.56. The molecule has 5 heteroatoms. The molecule has 0 aliphatic heterocycles. The molecular weight excluding hydrogens is 294 g/mol. The fourth-order valence-corrected chi connectivity index (χ4v) is 1.96. The Morgan fingerprint density at radius 2 is 1.87 bits per heavy atom. The van der Waals surface area contributed by atoms with Crippen LogP contribution in [0.25, 0.3) is 0 Å². The number of hydrogen-bond donors (Lipinski definition) is 1. The summed E-state index contributed by atoms with van der Waals surface area (Å²) in [5, 5.41) is 10.1. The smallest absolute Gasteiger partial charge is 0.338 e. The molecule has 0 saturated carbocycles. The standard InChI is InChI=1S/C18H19NO4/c1-3-22-16-7-5-6-14(17(16)20)12-19-15-10-8-13(9-11-15)18(21)23-4-2/h5-12,20H,3-4H2,1-2H3. The van der Waals surface area contributed by atoms with E-state index in [2.05, 4.69) is 4.99 Å². The summed E-state index contributed by atoms with van der Waals surface area (Å²) in [5.41, 5.74) is 1.71. The number of para-hydroxylation sites is 1. The lowest BCUT2D eigenvalue weighted by molar-refractivity contribution is 0.0526. The fourth-order valence-electron chi connectivity index (χ4n) is 1.96. The second-order valence-corrected chi connectivity index (χ2v) is 4.65. The zero-order chi connectivity index (χ0) is 16.7. The van der Waals surface area contributed by atoms with Crippen LogP contribution in [0.5, 0.6) is 11.5 Å². The van der Waals surface area contributed by atoms with Crippen molar-refractivity contribution in [3.8, 4) is 11.5 Å². The Labute approximate surface area is 135 Å². The number of esters is 1. The molecular formula is C18H19NO4. The Hall–Kier alpha value is -2.82. The number of hydrogen-bond acceptors (Lipinski definition) is 5. The minimum Gasteiger partial charge on any atom is -0.504 e. The Balaban J connectivity index is 2.14. The van der Waals surface area contributed by atoms with Gasteiger partial charge in [0.2, 0.25) is 0 Å². The van der Waals surface area contributed by atoms with Gasteiger partial charge in [-0.2, -0.15) is 0 Å². The van der Waals surface area contributed by atoms with Gasteiger partial charge >= 0.3 is 5.97 Å². The molecule has 0 aliphatic rings. The predicted molar refractivity (Wildman–Crippen MR) is 88.9 cm³/mol. The predicted octanol–water partition coefficient (Wildman–Crippen LogP) is 3.72. The lowest BCUT2D eigenvalue weighted by Gasteiger charge is -2.07. The molecule has 0 amide bonds. The molecule has 2 rings (SSSR count). The van der Waals surface area contributed by atoms with Crippen molar-refractivity contribution in [2.75, 3.05) is 13.2 Å². The van der Waals surface area contributed by atoms with Crippen LogP contribution in [-0.4, -0.2) is 30.5 Å². The summed E-state index contributed by atoms with van der Waals surface area (Å²) < 4.78 is 10.3. The SMILES string of the molecule is CCOC(=O)c1ccc(N=Cc2cccc(OCC)c2O)cc1. The van der Waals surface area contributed by atoms with Crippen LogP contribution >= 0.6 is 0 Å². The molecule has 2 aromatic rings. The lowest BCUT2D eigenvalue weighted by atomic mass is 10.2. The summed E-state index contributed by atoms with van der Waals surface area (Å²) in [5.74, 6) is 0.125. The maximum absolute atomic E-state index is 11.6. The van der Waals surface area contributed by atoms with Gasteiger partial charge in [-0.25, -0.2) is 4.79 Å². The summed E-state index contributed by atoms with van der Waals surface area (Å²) in [4.78, 5) is 15.9. The Kier molecular flexibility index (Phi) is 5.74.